The molecule has 3 aromatic rings. The van der Waals surface area contributed by atoms with Crippen molar-refractivity contribution < 1.29 is 13.6 Å². The van der Waals surface area contributed by atoms with Gasteiger partial charge in [-0.2, -0.15) is 10.2 Å². The van der Waals surface area contributed by atoms with Crippen LogP contribution in [0, 0.1) is 17.6 Å². The second kappa shape index (κ2) is 9.19. The Balaban J connectivity index is 1.57. The monoisotopic (exact) mass is 493 g/mol. The number of H-pyrrole nitrogens is 1. The number of carbonyl (C=O) groups is 1. The molecule has 0 bridgehead atoms. The Morgan fingerprint density at radius 2 is 1.92 bits per heavy atom. The van der Waals surface area contributed by atoms with Crippen molar-refractivity contribution in [3.63, 3.8) is 0 Å². The summed E-state index contributed by atoms with van der Waals surface area (Å²) in [5, 5.41) is 8.89. The summed E-state index contributed by atoms with van der Waals surface area (Å²) in [5.41, 5.74) is 1.03. The minimum absolute atomic E-state index is 0.101. The number of hydrogen-bond donors (Lipinski definition) is 1. The molecule has 1 saturated carbocycles. The lowest BCUT2D eigenvalue weighted by Crippen LogP contribution is -2.50. The minimum atomic E-state index is -0.679. The summed E-state index contributed by atoms with van der Waals surface area (Å²) in [6.07, 6.45) is 5.93. The molecular weight excluding hydrogens is 464 g/mol. The number of rotatable bonds is 6. The van der Waals surface area contributed by atoms with Crippen LogP contribution < -0.4 is 5.56 Å². The molecular formula is C27H29F2N5O2. The predicted molar refractivity (Wildman–Crippen MR) is 130 cm³/mol. The first-order chi connectivity index (χ1) is 17.2. The van der Waals surface area contributed by atoms with Crippen LogP contribution in [0.25, 0.3) is 11.3 Å². The topological polar surface area (TPSA) is 91.8 Å². The van der Waals surface area contributed by atoms with Gasteiger partial charge in [0.2, 0.25) is 0 Å². The quantitative estimate of drug-likeness (QED) is 0.542. The number of aromatic nitrogens is 4. The van der Waals surface area contributed by atoms with Crippen molar-refractivity contribution in [3.05, 3.63) is 75.6 Å². The van der Waals surface area contributed by atoms with Crippen LogP contribution in [0.2, 0.25) is 0 Å². The molecule has 0 saturated heterocycles. The summed E-state index contributed by atoms with van der Waals surface area (Å²) in [6, 6.07) is 5.62. The van der Waals surface area contributed by atoms with E-state index in [-0.39, 0.29) is 46.3 Å². The maximum atomic E-state index is 14.5. The summed E-state index contributed by atoms with van der Waals surface area (Å²) in [6.45, 7) is 6.73. The van der Waals surface area contributed by atoms with E-state index < -0.39 is 17.0 Å². The fraction of sp³-hybridized carbons (Fsp3) is 0.444. The zero-order chi connectivity index (χ0) is 25.6. The molecule has 0 spiro atoms. The molecule has 9 heteroatoms. The Kier molecular flexibility index (Phi) is 6.18. The van der Waals surface area contributed by atoms with Crippen molar-refractivity contribution in [1.82, 2.24) is 25.1 Å². The van der Waals surface area contributed by atoms with Crippen molar-refractivity contribution in [2.75, 3.05) is 6.54 Å². The van der Waals surface area contributed by atoms with Gasteiger partial charge in [-0.3, -0.25) is 9.59 Å². The molecule has 2 aliphatic carbocycles. The standard InChI is InChI=1S/C27H29F2N5O2/c1-15(2)27(14-34(17-7-8-17)26(36)22-12-31-23(35)13-30-22)10-9-16(3)18-11-21(32-33-25(18)27)24-19(28)5-4-6-20(24)29/h4-6,11-13,15-17H,7-10,14H2,1-3H3,(H,31,35)/t16-,27+/m0/s1. The number of halogens is 2. The number of amides is 1. The van der Waals surface area contributed by atoms with Gasteiger partial charge in [0.25, 0.3) is 11.5 Å². The second-order valence-corrected chi connectivity index (χ2v) is 10.3. The van der Waals surface area contributed by atoms with E-state index in [1.54, 1.807) is 6.07 Å². The normalized spacial score (nSPS) is 21.3. The number of nitrogens with zero attached hydrogens (tertiary/aromatic N) is 4. The molecule has 7 nitrogen and oxygen atoms in total. The highest BCUT2D eigenvalue weighted by molar-refractivity contribution is 5.92. The van der Waals surface area contributed by atoms with Gasteiger partial charge in [-0.05, 0) is 61.3 Å². The first kappa shape index (κ1) is 24.2. The summed E-state index contributed by atoms with van der Waals surface area (Å²) in [5.74, 6) is -1.34. The predicted octanol–water partition coefficient (Wildman–Crippen LogP) is 4.60. The summed E-state index contributed by atoms with van der Waals surface area (Å²) in [4.78, 5) is 33.4. The van der Waals surface area contributed by atoms with E-state index in [4.69, 9.17) is 0 Å². The molecule has 188 valence electrons. The second-order valence-electron chi connectivity index (χ2n) is 10.3. The Hall–Kier alpha value is -3.49. The fourth-order valence-electron chi connectivity index (χ4n) is 5.34. The third-order valence-corrected chi connectivity index (χ3v) is 7.77. The van der Waals surface area contributed by atoms with Gasteiger partial charge in [-0.25, -0.2) is 13.8 Å². The van der Waals surface area contributed by atoms with Crippen LogP contribution in [0.4, 0.5) is 8.78 Å². The smallest absolute Gasteiger partial charge is 0.274 e. The van der Waals surface area contributed by atoms with Crippen molar-refractivity contribution >= 4 is 5.91 Å². The van der Waals surface area contributed by atoms with E-state index in [0.717, 1.165) is 43.1 Å². The van der Waals surface area contributed by atoms with Crippen molar-refractivity contribution in [3.8, 4) is 11.3 Å². The lowest BCUT2D eigenvalue weighted by Gasteiger charge is -2.45. The van der Waals surface area contributed by atoms with Crippen molar-refractivity contribution in [1.29, 1.82) is 0 Å². The van der Waals surface area contributed by atoms with Crippen molar-refractivity contribution in [2.24, 2.45) is 5.92 Å². The van der Waals surface area contributed by atoms with Gasteiger partial charge in [0.15, 0.2) is 0 Å². The number of hydrogen-bond acceptors (Lipinski definition) is 5. The van der Waals surface area contributed by atoms with Gasteiger partial charge in [-0.15, -0.1) is 0 Å². The fourth-order valence-corrected chi connectivity index (χ4v) is 5.34. The van der Waals surface area contributed by atoms with Crippen molar-refractivity contribution in [2.45, 2.75) is 63.8 Å². The summed E-state index contributed by atoms with van der Waals surface area (Å²) < 4.78 is 29.0. The number of aromatic amines is 1. The Bertz CT molecular complexity index is 1330. The number of benzene rings is 1. The molecule has 1 fully saturated rings. The van der Waals surface area contributed by atoms with Gasteiger partial charge in [0.1, 0.15) is 17.3 Å². The van der Waals surface area contributed by atoms with E-state index in [2.05, 4.69) is 40.9 Å². The van der Waals surface area contributed by atoms with E-state index in [1.165, 1.54) is 24.4 Å². The van der Waals surface area contributed by atoms with Gasteiger partial charge < -0.3 is 9.88 Å². The average Bonchev–Trinajstić information content (AvgIpc) is 3.69. The molecule has 1 aromatic carbocycles. The van der Waals surface area contributed by atoms with Crippen LogP contribution in [0.3, 0.4) is 0 Å². The highest BCUT2D eigenvalue weighted by Gasteiger charge is 2.48. The zero-order valence-electron chi connectivity index (χ0n) is 20.6. The van der Waals surface area contributed by atoms with Gasteiger partial charge in [0, 0.05) is 24.2 Å². The summed E-state index contributed by atoms with van der Waals surface area (Å²) in [7, 11) is 0. The average molecular weight is 494 g/mol. The lowest BCUT2D eigenvalue weighted by atomic mass is 9.63. The lowest BCUT2D eigenvalue weighted by molar-refractivity contribution is 0.0632. The first-order valence-electron chi connectivity index (χ1n) is 12.4. The number of carbonyl (C=O) groups excluding carboxylic acids is 1. The molecule has 0 aliphatic heterocycles. The van der Waals surface area contributed by atoms with Crippen LogP contribution in [0.1, 0.15) is 74.1 Å². The largest absolute Gasteiger partial charge is 0.333 e. The van der Waals surface area contributed by atoms with Crippen LogP contribution in [0.5, 0.6) is 0 Å². The molecule has 5 rings (SSSR count). The first-order valence-corrected chi connectivity index (χ1v) is 12.4. The maximum absolute atomic E-state index is 14.5. The zero-order valence-corrected chi connectivity index (χ0v) is 20.6. The Morgan fingerprint density at radius 3 is 2.53 bits per heavy atom. The third kappa shape index (κ3) is 4.20. The van der Waals surface area contributed by atoms with Gasteiger partial charge >= 0.3 is 0 Å². The van der Waals surface area contributed by atoms with E-state index in [1.807, 2.05) is 4.90 Å². The van der Waals surface area contributed by atoms with Crippen LogP contribution in [-0.4, -0.2) is 43.6 Å². The molecule has 2 atom stereocenters. The van der Waals surface area contributed by atoms with E-state index in [9.17, 15) is 18.4 Å². The molecule has 0 unspecified atom stereocenters. The Morgan fingerprint density at radius 1 is 1.19 bits per heavy atom. The molecule has 1 amide bonds. The third-order valence-electron chi connectivity index (χ3n) is 7.77. The Labute approximate surface area is 208 Å². The van der Waals surface area contributed by atoms with E-state index in [0.29, 0.717) is 6.54 Å². The number of nitrogens with one attached hydrogen (secondary N) is 1. The SMILES string of the molecule is CC(C)[C@]1(CN(C(=O)c2c[nH]c(=O)cn2)C2CC2)CC[C@H](C)c2cc(-c3c(F)cccc3F)nnc21. The molecule has 36 heavy (non-hydrogen) atoms. The maximum Gasteiger partial charge on any atom is 0.274 e. The number of fused-ring (bicyclic) bond motifs is 1. The summed E-state index contributed by atoms with van der Waals surface area (Å²) >= 11 is 0. The molecule has 2 aliphatic rings. The molecule has 2 heterocycles. The van der Waals surface area contributed by atoms with Gasteiger partial charge in [0.05, 0.1) is 23.1 Å². The van der Waals surface area contributed by atoms with Gasteiger partial charge in [-0.1, -0.05) is 26.8 Å². The molecule has 0 radical (unpaired) electrons. The molecule has 1 N–H and O–H groups in total. The van der Waals surface area contributed by atoms with Crippen LogP contribution in [0.15, 0.2) is 41.5 Å². The van der Waals surface area contributed by atoms with Crippen LogP contribution >= 0.6 is 0 Å². The highest BCUT2D eigenvalue weighted by atomic mass is 19.1. The van der Waals surface area contributed by atoms with E-state index >= 15 is 0 Å². The minimum Gasteiger partial charge on any atom is -0.333 e. The highest BCUT2D eigenvalue weighted by Crippen LogP contribution is 2.48. The molecule has 2 aromatic heterocycles. The van der Waals surface area contributed by atoms with Crippen LogP contribution in [-0.2, 0) is 5.41 Å².